The summed E-state index contributed by atoms with van der Waals surface area (Å²) in [5, 5.41) is 10.8. The molecule has 2 heterocycles. The highest BCUT2D eigenvalue weighted by Crippen LogP contribution is 2.17. The van der Waals surface area contributed by atoms with E-state index in [1.165, 1.54) is 16.2 Å². The molecule has 0 amide bonds. The first-order chi connectivity index (χ1) is 11.9. The largest absolute Gasteiger partial charge is 0.491 e. The third kappa shape index (κ3) is 3.37. The Morgan fingerprint density at radius 1 is 1.36 bits per heavy atom. The van der Waals surface area contributed by atoms with Crippen molar-refractivity contribution in [3.63, 3.8) is 0 Å². The molecule has 0 radical (unpaired) electrons. The molecule has 25 heavy (non-hydrogen) atoms. The highest BCUT2D eigenvalue weighted by atomic mass is 35.5. The van der Waals surface area contributed by atoms with Crippen LogP contribution in [0.3, 0.4) is 0 Å². The van der Waals surface area contributed by atoms with Gasteiger partial charge in [-0.25, -0.2) is 4.79 Å². The quantitative estimate of drug-likeness (QED) is 0.588. The van der Waals surface area contributed by atoms with Crippen LogP contribution in [0.1, 0.15) is 0 Å². The van der Waals surface area contributed by atoms with Crippen molar-refractivity contribution in [3.05, 3.63) is 50.1 Å². The first-order valence-electron chi connectivity index (χ1n) is 7.38. The van der Waals surface area contributed by atoms with Crippen LogP contribution in [0.5, 0.6) is 5.75 Å². The zero-order chi connectivity index (χ0) is 18.1. The van der Waals surface area contributed by atoms with Crippen LogP contribution in [-0.4, -0.2) is 36.9 Å². The maximum absolute atomic E-state index is 12.1. The van der Waals surface area contributed by atoms with Gasteiger partial charge in [-0.3, -0.25) is 14.3 Å². The predicted molar refractivity (Wildman–Crippen MR) is 93.0 cm³/mol. The molecule has 1 aromatic carbocycles. The van der Waals surface area contributed by atoms with Crippen LogP contribution in [0.2, 0.25) is 5.02 Å². The average Bonchev–Trinajstić information content (AvgIpc) is 2.89. The number of aromatic amines is 1. The van der Waals surface area contributed by atoms with Gasteiger partial charge in [0.15, 0.2) is 11.2 Å². The number of nitrogens with two attached hydrogens (primary N) is 1. The summed E-state index contributed by atoms with van der Waals surface area (Å²) in [7, 11) is 1.47. The summed E-state index contributed by atoms with van der Waals surface area (Å²) in [6.45, 7) is -0.0401. The first kappa shape index (κ1) is 17.1. The number of fused-ring (bicyclic) bond motifs is 1. The lowest BCUT2D eigenvalue weighted by molar-refractivity contribution is 0.0939. The van der Waals surface area contributed by atoms with Crippen molar-refractivity contribution in [2.45, 2.75) is 12.6 Å². The first-order valence-corrected chi connectivity index (χ1v) is 7.76. The summed E-state index contributed by atoms with van der Waals surface area (Å²) in [6, 6.07) is 6.70. The van der Waals surface area contributed by atoms with E-state index in [0.29, 0.717) is 10.8 Å². The number of rotatable bonds is 5. The summed E-state index contributed by atoms with van der Waals surface area (Å²) in [5.74, 6) is 0.569. The highest BCUT2D eigenvalue weighted by molar-refractivity contribution is 6.30. The Morgan fingerprint density at radius 2 is 2.04 bits per heavy atom. The van der Waals surface area contributed by atoms with Crippen molar-refractivity contribution in [1.82, 2.24) is 19.1 Å². The lowest BCUT2D eigenvalue weighted by Gasteiger charge is -2.14. The van der Waals surface area contributed by atoms with Crippen molar-refractivity contribution < 1.29 is 9.84 Å². The SMILES string of the molecule is Cn1c(=O)[nH]c(=O)c2c1nc(N)n2C[C@H](O)COc1ccc(Cl)cc1. The fraction of sp³-hybridized carbons (Fsp3) is 0.267. The molecule has 0 aliphatic heterocycles. The second kappa shape index (κ2) is 6.61. The van der Waals surface area contributed by atoms with Crippen molar-refractivity contribution in [2.75, 3.05) is 12.3 Å². The normalized spacial score (nSPS) is 12.4. The zero-order valence-electron chi connectivity index (χ0n) is 13.3. The molecule has 0 saturated carbocycles. The number of anilines is 1. The molecule has 9 nitrogen and oxygen atoms in total. The molecule has 132 valence electrons. The number of aryl methyl sites for hydroxylation is 1. The summed E-state index contributed by atoms with van der Waals surface area (Å²) in [4.78, 5) is 29.9. The van der Waals surface area contributed by atoms with E-state index in [1.807, 2.05) is 0 Å². The van der Waals surface area contributed by atoms with E-state index >= 15 is 0 Å². The molecule has 0 fully saturated rings. The van der Waals surface area contributed by atoms with Crippen molar-refractivity contribution in [3.8, 4) is 5.75 Å². The summed E-state index contributed by atoms with van der Waals surface area (Å²) < 4.78 is 8.00. The molecular weight excluding hydrogens is 350 g/mol. The van der Waals surface area contributed by atoms with Crippen molar-refractivity contribution in [1.29, 1.82) is 0 Å². The number of H-pyrrole nitrogens is 1. The summed E-state index contributed by atoms with van der Waals surface area (Å²) >= 11 is 5.79. The second-order valence-electron chi connectivity index (χ2n) is 5.49. The van der Waals surface area contributed by atoms with Crippen LogP contribution < -0.4 is 21.7 Å². The lowest BCUT2D eigenvalue weighted by Crippen LogP contribution is -2.30. The number of benzene rings is 1. The number of hydrogen-bond acceptors (Lipinski definition) is 6. The standard InChI is InChI=1S/C15H16ClN5O4/c1-20-12-11(13(23)19-15(20)24)21(14(17)18-12)6-9(22)7-25-10-4-2-8(16)3-5-10/h2-5,9,22H,6-7H2,1H3,(H2,17,18)(H,19,23,24)/t9-/m0/s1. The number of halogens is 1. The number of nitrogens with one attached hydrogen (secondary N) is 1. The van der Waals surface area contributed by atoms with Gasteiger partial charge in [-0.2, -0.15) is 4.98 Å². The van der Waals surface area contributed by atoms with Crippen LogP contribution in [0, 0.1) is 0 Å². The minimum absolute atomic E-state index is 0.0167. The maximum atomic E-state index is 12.1. The molecule has 0 aliphatic carbocycles. The monoisotopic (exact) mass is 365 g/mol. The van der Waals surface area contributed by atoms with E-state index in [0.717, 1.165) is 0 Å². The minimum Gasteiger partial charge on any atom is -0.491 e. The molecule has 0 saturated heterocycles. The van der Waals surface area contributed by atoms with Gasteiger partial charge in [-0.05, 0) is 24.3 Å². The number of aliphatic hydroxyl groups is 1. The topological polar surface area (TPSA) is 128 Å². The van der Waals surface area contributed by atoms with E-state index in [2.05, 4.69) is 9.97 Å². The molecular formula is C15H16ClN5O4. The molecule has 4 N–H and O–H groups in total. The van der Waals surface area contributed by atoms with Gasteiger partial charge in [-0.1, -0.05) is 11.6 Å². The van der Waals surface area contributed by atoms with Gasteiger partial charge in [0.2, 0.25) is 5.95 Å². The van der Waals surface area contributed by atoms with Crippen LogP contribution >= 0.6 is 11.6 Å². The van der Waals surface area contributed by atoms with Crippen molar-refractivity contribution in [2.24, 2.45) is 7.05 Å². The van der Waals surface area contributed by atoms with Gasteiger partial charge in [0.25, 0.3) is 5.56 Å². The Balaban J connectivity index is 1.81. The lowest BCUT2D eigenvalue weighted by atomic mass is 10.3. The van der Waals surface area contributed by atoms with Crippen LogP contribution in [-0.2, 0) is 13.6 Å². The van der Waals surface area contributed by atoms with E-state index in [1.54, 1.807) is 24.3 Å². The van der Waals surface area contributed by atoms with E-state index < -0.39 is 17.4 Å². The Labute approximate surface area is 146 Å². The summed E-state index contributed by atoms with van der Waals surface area (Å²) in [6.07, 6.45) is -0.952. The second-order valence-corrected chi connectivity index (χ2v) is 5.93. The van der Waals surface area contributed by atoms with Gasteiger partial charge >= 0.3 is 5.69 Å². The Bertz CT molecular complexity index is 1020. The average molecular weight is 366 g/mol. The molecule has 1 atom stereocenters. The fourth-order valence-corrected chi connectivity index (χ4v) is 2.55. The number of imidazole rings is 1. The van der Waals surface area contributed by atoms with Crippen LogP contribution in [0.25, 0.3) is 11.2 Å². The number of hydrogen-bond donors (Lipinski definition) is 3. The number of aromatic nitrogens is 4. The van der Waals surface area contributed by atoms with Crippen molar-refractivity contribution >= 4 is 28.7 Å². The summed E-state index contributed by atoms with van der Waals surface area (Å²) in [5.41, 5.74) is 4.89. The number of ether oxygens (including phenoxy) is 1. The van der Waals surface area contributed by atoms with E-state index in [-0.39, 0.29) is 30.3 Å². The number of nitrogens with zero attached hydrogens (tertiary/aromatic N) is 3. The Morgan fingerprint density at radius 3 is 2.72 bits per heavy atom. The van der Waals surface area contributed by atoms with Crippen LogP contribution in [0.15, 0.2) is 33.9 Å². The zero-order valence-corrected chi connectivity index (χ0v) is 14.0. The smallest absolute Gasteiger partial charge is 0.329 e. The molecule has 0 bridgehead atoms. The van der Waals surface area contributed by atoms with Gasteiger partial charge in [-0.15, -0.1) is 0 Å². The highest BCUT2D eigenvalue weighted by Gasteiger charge is 2.18. The van der Waals surface area contributed by atoms with Gasteiger partial charge in [0.05, 0.1) is 6.54 Å². The molecule has 2 aromatic heterocycles. The third-order valence-corrected chi connectivity index (χ3v) is 3.94. The Kier molecular flexibility index (Phi) is 4.51. The number of aliphatic hydroxyl groups excluding tert-OH is 1. The molecule has 0 aliphatic rings. The molecule has 0 spiro atoms. The van der Waals surface area contributed by atoms with Crippen LogP contribution in [0.4, 0.5) is 5.95 Å². The van der Waals surface area contributed by atoms with Gasteiger partial charge in [0.1, 0.15) is 18.5 Å². The predicted octanol–water partition coefficient (Wildman–Crippen LogP) is 0.0988. The van der Waals surface area contributed by atoms with Gasteiger partial charge in [0, 0.05) is 12.1 Å². The van der Waals surface area contributed by atoms with Gasteiger partial charge < -0.3 is 20.1 Å². The Hall–Kier alpha value is -2.78. The fourth-order valence-electron chi connectivity index (χ4n) is 2.42. The molecule has 3 aromatic rings. The molecule has 0 unspecified atom stereocenters. The van der Waals surface area contributed by atoms with E-state index in [4.69, 9.17) is 22.1 Å². The van der Waals surface area contributed by atoms with E-state index in [9.17, 15) is 14.7 Å². The third-order valence-electron chi connectivity index (χ3n) is 3.69. The maximum Gasteiger partial charge on any atom is 0.329 e. The number of nitrogen functional groups attached to an aromatic ring is 1. The molecule has 10 heteroatoms. The minimum atomic E-state index is -0.952. The molecule has 3 rings (SSSR count).